The normalized spacial score (nSPS) is 22.7. The van der Waals surface area contributed by atoms with Crippen LogP contribution in [0.4, 0.5) is 9.18 Å². The molecule has 3 atom stereocenters. The van der Waals surface area contributed by atoms with Gasteiger partial charge in [0.25, 0.3) is 0 Å². The number of benzene rings is 1. The van der Waals surface area contributed by atoms with Crippen molar-refractivity contribution in [3.05, 3.63) is 35.6 Å². The van der Waals surface area contributed by atoms with E-state index in [-0.39, 0.29) is 30.0 Å². The van der Waals surface area contributed by atoms with Crippen LogP contribution in [0.5, 0.6) is 0 Å². The van der Waals surface area contributed by atoms with E-state index in [0.29, 0.717) is 0 Å². The molecule has 2 rings (SSSR count). The zero-order chi connectivity index (χ0) is 17.2. The van der Waals surface area contributed by atoms with Crippen molar-refractivity contribution in [3.63, 3.8) is 0 Å². The average molecular weight is 322 g/mol. The predicted octanol–water partition coefficient (Wildman–Crippen LogP) is 3.87. The lowest BCUT2D eigenvalue weighted by Gasteiger charge is -2.32. The zero-order valence-electron chi connectivity index (χ0n) is 14.6. The van der Waals surface area contributed by atoms with Gasteiger partial charge in [-0.05, 0) is 58.2 Å². The Labute approximate surface area is 138 Å². The largest absolute Gasteiger partial charge is 0.444 e. The molecule has 1 heterocycles. The summed E-state index contributed by atoms with van der Waals surface area (Å²) in [6, 6.07) is 6.99. The van der Waals surface area contributed by atoms with Crippen LogP contribution in [0, 0.1) is 5.82 Å². The standard InChI is InChI=1S/C18H27FN2O2/c1-12(21(5)17(22)23-18(2,3)4)15-9-10-16(20-15)13-7-6-8-14(19)11-13/h6-8,11-12,15-16,20H,9-10H2,1-5H3. The second-order valence-corrected chi connectivity index (χ2v) is 7.29. The fourth-order valence-electron chi connectivity index (χ4n) is 2.91. The molecule has 128 valence electrons. The molecule has 1 aliphatic rings. The van der Waals surface area contributed by atoms with Crippen molar-refractivity contribution in [2.45, 2.75) is 64.3 Å². The van der Waals surface area contributed by atoms with E-state index in [4.69, 9.17) is 4.74 Å². The Morgan fingerprint density at radius 2 is 2.09 bits per heavy atom. The highest BCUT2D eigenvalue weighted by molar-refractivity contribution is 5.68. The van der Waals surface area contributed by atoms with Crippen LogP contribution < -0.4 is 5.32 Å². The number of nitrogens with zero attached hydrogens (tertiary/aromatic N) is 1. The predicted molar refractivity (Wildman–Crippen MR) is 88.8 cm³/mol. The Kier molecular flexibility index (Phi) is 5.30. The van der Waals surface area contributed by atoms with Gasteiger partial charge in [-0.3, -0.25) is 0 Å². The molecule has 1 saturated heterocycles. The second-order valence-electron chi connectivity index (χ2n) is 7.29. The molecule has 0 aliphatic carbocycles. The Morgan fingerprint density at radius 3 is 2.70 bits per heavy atom. The maximum atomic E-state index is 13.4. The second kappa shape index (κ2) is 6.87. The van der Waals surface area contributed by atoms with E-state index in [1.165, 1.54) is 6.07 Å². The maximum Gasteiger partial charge on any atom is 0.410 e. The van der Waals surface area contributed by atoms with E-state index in [0.717, 1.165) is 18.4 Å². The molecule has 3 unspecified atom stereocenters. The zero-order valence-corrected chi connectivity index (χ0v) is 14.6. The van der Waals surface area contributed by atoms with Crippen molar-refractivity contribution in [3.8, 4) is 0 Å². The SMILES string of the molecule is CC(C1CCC(c2cccc(F)c2)N1)N(C)C(=O)OC(C)(C)C. The van der Waals surface area contributed by atoms with Gasteiger partial charge >= 0.3 is 6.09 Å². The fraction of sp³-hybridized carbons (Fsp3) is 0.611. The molecule has 0 radical (unpaired) electrons. The van der Waals surface area contributed by atoms with E-state index in [1.807, 2.05) is 33.8 Å². The minimum Gasteiger partial charge on any atom is -0.444 e. The fourth-order valence-corrected chi connectivity index (χ4v) is 2.91. The molecule has 1 aromatic carbocycles. The summed E-state index contributed by atoms with van der Waals surface area (Å²) in [6.45, 7) is 7.58. The number of halogens is 1. The highest BCUT2D eigenvalue weighted by Gasteiger charge is 2.33. The highest BCUT2D eigenvalue weighted by atomic mass is 19.1. The van der Waals surface area contributed by atoms with Gasteiger partial charge in [0.15, 0.2) is 0 Å². The summed E-state index contributed by atoms with van der Waals surface area (Å²) in [5.74, 6) is -0.216. The molecule has 0 spiro atoms. The Hall–Kier alpha value is -1.62. The molecule has 23 heavy (non-hydrogen) atoms. The Morgan fingerprint density at radius 1 is 1.39 bits per heavy atom. The van der Waals surface area contributed by atoms with Crippen molar-refractivity contribution < 1.29 is 13.9 Å². The van der Waals surface area contributed by atoms with E-state index < -0.39 is 5.60 Å². The number of likely N-dealkylation sites (N-methyl/N-ethyl adjacent to an activating group) is 1. The van der Waals surface area contributed by atoms with E-state index >= 15 is 0 Å². The van der Waals surface area contributed by atoms with Crippen LogP contribution in [-0.2, 0) is 4.74 Å². The van der Waals surface area contributed by atoms with Gasteiger partial charge in [-0.1, -0.05) is 12.1 Å². The molecular formula is C18H27FN2O2. The molecule has 1 fully saturated rings. The quantitative estimate of drug-likeness (QED) is 0.918. The third kappa shape index (κ3) is 4.67. The first kappa shape index (κ1) is 17.7. The minimum absolute atomic E-state index is 0.00316. The lowest BCUT2D eigenvalue weighted by atomic mass is 10.0. The third-order valence-electron chi connectivity index (χ3n) is 4.31. The van der Waals surface area contributed by atoms with E-state index in [1.54, 1.807) is 24.1 Å². The van der Waals surface area contributed by atoms with Crippen LogP contribution >= 0.6 is 0 Å². The minimum atomic E-state index is -0.502. The first-order valence-corrected chi connectivity index (χ1v) is 8.14. The van der Waals surface area contributed by atoms with E-state index in [9.17, 15) is 9.18 Å². The molecule has 1 N–H and O–H groups in total. The van der Waals surface area contributed by atoms with Crippen LogP contribution in [0.25, 0.3) is 0 Å². The number of rotatable bonds is 3. The van der Waals surface area contributed by atoms with Gasteiger partial charge in [-0.15, -0.1) is 0 Å². The molecule has 0 saturated carbocycles. The molecular weight excluding hydrogens is 295 g/mol. The van der Waals surface area contributed by atoms with Gasteiger partial charge in [-0.2, -0.15) is 0 Å². The van der Waals surface area contributed by atoms with Crippen LogP contribution in [0.3, 0.4) is 0 Å². The topological polar surface area (TPSA) is 41.6 Å². The van der Waals surface area contributed by atoms with Gasteiger partial charge in [0.2, 0.25) is 0 Å². The van der Waals surface area contributed by atoms with Gasteiger partial charge in [0.05, 0.1) is 0 Å². The monoisotopic (exact) mass is 322 g/mol. The number of hydrogen-bond acceptors (Lipinski definition) is 3. The van der Waals surface area contributed by atoms with Crippen LogP contribution in [-0.4, -0.2) is 35.7 Å². The number of hydrogen-bond donors (Lipinski definition) is 1. The van der Waals surface area contributed by atoms with Crippen molar-refractivity contribution in [2.24, 2.45) is 0 Å². The highest BCUT2D eigenvalue weighted by Crippen LogP contribution is 2.29. The first-order valence-electron chi connectivity index (χ1n) is 8.14. The molecule has 1 amide bonds. The molecule has 5 heteroatoms. The van der Waals surface area contributed by atoms with Crippen LogP contribution in [0.15, 0.2) is 24.3 Å². The van der Waals surface area contributed by atoms with Gasteiger partial charge in [0.1, 0.15) is 11.4 Å². The van der Waals surface area contributed by atoms with Crippen LogP contribution in [0.2, 0.25) is 0 Å². The molecule has 4 nitrogen and oxygen atoms in total. The summed E-state index contributed by atoms with van der Waals surface area (Å²) >= 11 is 0. The number of amides is 1. The van der Waals surface area contributed by atoms with E-state index in [2.05, 4.69) is 5.32 Å². The Bertz CT molecular complexity index is 556. The first-order chi connectivity index (χ1) is 10.7. The Balaban J connectivity index is 1.96. The summed E-state index contributed by atoms with van der Waals surface area (Å²) < 4.78 is 18.8. The summed E-state index contributed by atoms with van der Waals surface area (Å²) in [5, 5.41) is 3.52. The smallest absolute Gasteiger partial charge is 0.410 e. The molecule has 0 bridgehead atoms. The van der Waals surface area contributed by atoms with Crippen molar-refractivity contribution in [1.82, 2.24) is 10.2 Å². The third-order valence-corrected chi connectivity index (χ3v) is 4.31. The van der Waals surface area contributed by atoms with Crippen LogP contribution in [0.1, 0.15) is 52.1 Å². The summed E-state index contributed by atoms with van der Waals surface area (Å²) in [7, 11) is 1.76. The summed E-state index contributed by atoms with van der Waals surface area (Å²) in [6.07, 6.45) is 1.55. The average Bonchev–Trinajstić information content (AvgIpc) is 2.93. The van der Waals surface area contributed by atoms with Crippen molar-refractivity contribution in [1.29, 1.82) is 0 Å². The van der Waals surface area contributed by atoms with Crippen molar-refractivity contribution >= 4 is 6.09 Å². The van der Waals surface area contributed by atoms with Gasteiger partial charge < -0.3 is 15.0 Å². The molecule has 1 aromatic rings. The summed E-state index contributed by atoms with van der Waals surface area (Å²) in [4.78, 5) is 13.8. The number of carbonyl (C=O) groups excluding carboxylic acids is 1. The number of nitrogens with one attached hydrogen (secondary N) is 1. The van der Waals surface area contributed by atoms with Gasteiger partial charge in [-0.25, -0.2) is 9.18 Å². The van der Waals surface area contributed by atoms with Crippen molar-refractivity contribution in [2.75, 3.05) is 7.05 Å². The molecule has 1 aliphatic heterocycles. The van der Waals surface area contributed by atoms with Gasteiger partial charge in [0, 0.05) is 25.2 Å². The number of carbonyl (C=O) groups is 1. The maximum absolute atomic E-state index is 13.4. The lowest BCUT2D eigenvalue weighted by molar-refractivity contribution is 0.0208. The lowest BCUT2D eigenvalue weighted by Crippen LogP contribution is -2.48. The molecule has 0 aromatic heterocycles. The summed E-state index contributed by atoms with van der Waals surface area (Å²) in [5.41, 5.74) is 0.456. The number of ether oxygens (including phenoxy) is 1.